The van der Waals surface area contributed by atoms with Gasteiger partial charge in [0.1, 0.15) is 5.76 Å². The third-order valence-corrected chi connectivity index (χ3v) is 4.15. The number of benzene rings is 1. The Morgan fingerprint density at radius 3 is 2.90 bits per heavy atom. The van der Waals surface area contributed by atoms with Crippen LogP contribution in [0.5, 0.6) is 0 Å². The SMILES string of the molecule is Cc1cc(CSc2cc(N)ccc2Cl)oc1C(=O)NN. The van der Waals surface area contributed by atoms with E-state index in [1.165, 1.54) is 11.8 Å². The molecule has 0 radical (unpaired) electrons. The molecule has 2 rings (SSSR count). The maximum Gasteiger partial charge on any atom is 0.301 e. The van der Waals surface area contributed by atoms with Crippen LogP contribution in [0.15, 0.2) is 33.6 Å². The molecule has 2 aromatic rings. The molecule has 0 saturated heterocycles. The monoisotopic (exact) mass is 311 g/mol. The van der Waals surface area contributed by atoms with Gasteiger partial charge in [0.05, 0.1) is 10.8 Å². The third-order valence-electron chi connectivity index (χ3n) is 2.63. The molecule has 0 bridgehead atoms. The van der Waals surface area contributed by atoms with Crippen molar-refractivity contribution in [3.63, 3.8) is 0 Å². The topological polar surface area (TPSA) is 94.3 Å². The first-order valence-electron chi connectivity index (χ1n) is 5.79. The van der Waals surface area contributed by atoms with E-state index >= 15 is 0 Å². The number of hydrogen-bond donors (Lipinski definition) is 3. The lowest BCUT2D eigenvalue weighted by molar-refractivity contribution is 0.0923. The maximum atomic E-state index is 11.4. The molecule has 0 spiro atoms. The van der Waals surface area contributed by atoms with Gasteiger partial charge in [0.25, 0.3) is 0 Å². The van der Waals surface area contributed by atoms with Crippen LogP contribution in [0.2, 0.25) is 5.02 Å². The number of nitrogens with two attached hydrogens (primary N) is 2. The highest BCUT2D eigenvalue weighted by Gasteiger charge is 2.15. The lowest BCUT2D eigenvalue weighted by Gasteiger charge is -2.03. The molecular formula is C13H14ClN3O2S. The minimum absolute atomic E-state index is 0.224. The zero-order valence-electron chi connectivity index (χ0n) is 10.8. The van der Waals surface area contributed by atoms with Gasteiger partial charge in [0.15, 0.2) is 5.76 Å². The Labute approximate surface area is 125 Å². The highest BCUT2D eigenvalue weighted by molar-refractivity contribution is 7.98. The molecule has 0 atom stereocenters. The molecule has 1 heterocycles. The van der Waals surface area contributed by atoms with E-state index in [2.05, 4.69) is 0 Å². The molecule has 20 heavy (non-hydrogen) atoms. The van der Waals surface area contributed by atoms with Crippen molar-refractivity contribution in [1.82, 2.24) is 5.43 Å². The van der Waals surface area contributed by atoms with E-state index in [1.54, 1.807) is 31.2 Å². The van der Waals surface area contributed by atoms with Gasteiger partial charge in [0, 0.05) is 16.1 Å². The molecular weight excluding hydrogens is 298 g/mol. The largest absolute Gasteiger partial charge is 0.455 e. The Bertz CT molecular complexity index is 643. The summed E-state index contributed by atoms with van der Waals surface area (Å²) in [5.74, 6) is 6.08. The maximum absolute atomic E-state index is 11.4. The van der Waals surface area contributed by atoms with E-state index < -0.39 is 5.91 Å². The van der Waals surface area contributed by atoms with Crippen molar-refractivity contribution in [2.75, 3.05) is 5.73 Å². The molecule has 1 amide bonds. The predicted octanol–water partition coefficient (Wildman–Crippen LogP) is 2.72. The summed E-state index contributed by atoms with van der Waals surface area (Å²) in [6, 6.07) is 7.10. The first kappa shape index (κ1) is 14.8. The summed E-state index contributed by atoms with van der Waals surface area (Å²) in [5.41, 5.74) is 9.16. The van der Waals surface area contributed by atoms with Gasteiger partial charge in [-0.2, -0.15) is 0 Å². The summed E-state index contributed by atoms with van der Waals surface area (Å²) in [6.07, 6.45) is 0. The summed E-state index contributed by atoms with van der Waals surface area (Å²) in [4.78, 5) is 12.3. The van der Waals surface area contributed by atoms with Crippen LogP contribution in [0.3, 0.4) is 0 Å². The van der Waals surface area contributed by atoms with Gasteiger partial charge in [-0.05, 0) is 31.2 Å². The number of carbonyl (C=O) groups excluding carboxylic acids is 1. The number of hydrazine groups is 1. The van der Waals surface area contributed by atoms with Crippen molar-refractivity contribution in [3.8, 4) is 0 Å². The Balaban J connectivity index is 2.11. The van der Waals surface area contributed by atoms with Gasteiger partial charge in [-0.25, -0.2) is 5.84 Å². The molecule has 5 nitrogen and oxygen atoms in total. The first-order chi connectivity index (χ1) is 9.51. The second-order valence-corrected chi connectivity index (χ2v) is 5.60. The van der Waals surface area contributed by atoms with Crippen molar-refractivity contribution in [2.24, 2.45) is 5.84 Å². The summed E-state index contributed by atoms with van der Waals surface area (Å²) in [6.45, 7) is 1.79. The Kier molecular flexibility index (Phi) is 4.59. The molecule has 0 aliphatic rings. The minimum atomic E-state index is -0.444. The van der Waals surface area contributed by atoms with Crippen LogP contribution in [0.25, 0.3) is 0 Å². The van der Waals surface area contributed by atoms with Crippen LogP contribution in [-0.4, -0.2) is 5.91 Å². The van der Waals surface area contributed by atoms with Crippen molar-refractivity contribution >= 4 is 35.0 Å². The fourth-order valence-corrected chi connectivity index (χ4v) is 2.84. The quantitative estimate of drug-likeness (QED) is 0.265. The van der Waals surface area contributed by atoms with Gasteiger partial charge in [-0.3, -0.25) is 10.2 Å². The number of amides is 1. The lowest BCUT2D eigenvalue weighted by Crippen LogP contribution is -2.30. The van der Waals surface area contributed by atoms with Gasteiger partial charge >= 0.3 is 5.91 Å². The zero-order valence-corrected chi connectivity index (χ0v) is 12.3. The fourth-order valence-electron chi connectivity index (χ4n) is 1.69. The van der Waals surface area contributed by atoms with E-state index in [0.29, 0.717) is 22.2 Å². The van der Waals surface area contributed by atoms with Crippen LogP contribution in [0, 0.1) is 6.92 Å². The average Bonchev–Trinajstić information content (AvgIpc) is 2.80. The highest BCUT2D eigenvalue weighted by Crippen LogP contribution is 2.32. The number of thioether (sulfide) groups is 1. The molecule has 1 aromatic heterocycles. The molecule has 7 heteroatoms. The molecule has 0 saturated carbocycles. The summed E-state index contributed by atoms with van der Waals surface area (Å²) in [5, 5.41) is 0.632. The van der Waals surface area contributed by atoms with Crippen molar-refractivity contribution in [1.29, 1.82) is 0 Å². The number of furan rings is 1. The summed E-state index contributed by atoms with van der Waals surface area (Å²) in [7, 11) is 0. The number of rotatable bonds is 4. The van der Waals surface area contributed by atoms with Gasteiger partial charge < -0.3 is 10.2 Å². The fraction of sp³-hybridized carbons (Fsp3) is 0.154. The second-order valence-electron chi connectivity index (χ2n) is 4.18. The van der Waals surface area contributed by atoms with E-state index in [-0.39, 0.29) is 5.76 Å². The van der Waals surface area contributed by atoms with Crippen molar-refractivity contribution < 1.29 is 9.21 Å². The third kappa shape index (κ3) is 3.27. The Morgan fingerprint density at radius 1 is 1.45 bits per heavy atom. The number of hydrogen-bond acceptors (Lipinski definition) is 5. The summed E-state index contributed by atoms with van der Waals surface area (Å²) < 4.78 is 5.47. The standard InChI is InChI=1S/C13H14ClN3O2S/c1-7-4-9(19-12(7)13(18)17-16)6-20-11-5-8(15)2-3-10(11)14/h2-5H,6,15-16H2,1H3,(H,17,18). The number of aryl methyl sites for hydroxylation is 1. The lowest BCUT2D eigenvalue weighted by atomic mass is 10.2. The molecule has 0 aliphatic heterocycles. The number of nitrogens with one attached hydrogen (secondary N) is 1. The molecule has 0 aliphatic carbocycles. The van der Waals surface area contributed by atoms with Crippen molar-refractivity contribution in [3.05, 3.63) is 46.4 Å². The van der Waals surface area contributed by atoms with Crippen LogP contribution >= 0.6 is 23.4 Å². The minimum Gasteiger partial charge on any atom is -0.455 e. The first-order valence-corrected chi connectivity index (χ1v) is 7.15. The van der Waals surface area contributed by atoms with Crippen LogP contribution < -0.4 is 17.0 Å². The van der Waals surface area contributed by atoms with Crippen molar-refractivity contribution in [2.45, 2.75) is 17.6 Å². The van der Waals surface area contributed by atoms with E-state index in [4.69, 9.17) is 27.6 Å². The highest BCUT2D eigenvalue weighted by atomic mass is 35.5. The Hall–Kier alpha value is -1.63. The van der Waals surface area contributed by atoms with Gasteiger partial charge in [-0.1, -0.05) is 11.6 Å². The van der Waals surface area contributed by atoms with Crippen LogP contribution in [0.4, 0.5) is 5.69 Å². The van der Waals surface area contributed by atoms with Crippen LogP contribution in [-0.2, 0) is 5.75 Å². The van der Waals surface area contributed by atoms with E-state index in [1.807, 2.05) is 5.43 Å². The van der Waals surface area contributed by atoms with Gasteiger partial charge in [-0.15, -0.1) is 11.8 Å². The number of carbonyl (C=O) groups is 1. The number of nitrogen functional groups attached to an aromatic ring is 2. The second kappa shape index (κ2) is 6.21. The van der Waals surface area contributed by atoms with Gasteiger partial charge in [0.2, 0.25) is 0 Å². The average molecular weight is 312 g/mol. The molecule has 5 N–H and O–H groups in total. The summed E-state index contributed by atoms with van der Waals surface area (Å²) >= 11 is 7.57. The normalized spacial score (nSPS) is 10.6. The Morgan fingerprint density at radius 2 is 2.20 bits per heavy atom. The number of anilines is 1. The van der Waals surface area contributed by atoms with Crippen LogP contribution in [0.1, 0.15) is 21.9 Å². The molecule has 1 aromatic carbocycles. The number of halogens is 1. The molecule has 106 valence electrons. The van der Waals surface area contributed by atoms with E-state index in [9.17, 15) is 4.79 Å². The molecule has 0 unspecified atom stereocenters. The predicted molar refractivity (Wildman–Crippen MR) is 80.5 cm³/mol. The zero-order chi connectivity index (χ0) is 14.7. The smallest absolute Gasteiger partial charge is 0.301 e. The van der Waals surface area contributed by atoms with E-state index in [0.717, 1.165) is 10.5 Å². The molecule has 0 fully saturated rings.